The minimum atomic E-state index is 0.598. The van der Waals surface area contributed by atoms with E-state index in [0.717, 1.165) is 19.6 Å². The molecule has 2 nitrogen and oxygen atoms in total. The number of alkyl halides is 3. The Bertz CT molecular complexity index is 76.2. The lowest BCUT2D eigenvalue weighted by Crippen LogP contribution is -2.41. The van der Waals surface area contributed by atoms with Crippen LogP contribution >= 0.6 is 34.8 Å². The van der Waals surface area contributed by atoms with Crippen LogP contribution in [0.15, 0.2) is 0 Å². The average molecular weight is 220 g/mol. The molecule has 0 aromatic heterocycles. The van der Waals surface area contributed by atoms with E-state index in [2.05, 4.69) is 5.43 Å². The molecule has 0 saturated heterocycles. The fraction of sp³-hybridized carbons (Fsp3) is 1.00. The van der Waals surface area contributed by atoms with Gasteiger partial charge in [0.25, 0.3) is 0 Å². The molecule has 0 fully saturated rings. The molecule has 0 atom stereocenters. The van der Waals surface area contributed by atoms with Crippen LogP contribution in [0.4, 0.5) is 0 Å². The summed E-state index contributed by atoms with van der Waals surface area (Å²) < 4.78 is 0. The summed E-state index contributed by atoms with van der Waals surface area (Å²) in [5.41, 5.74) is 3.10. The van der Waals surface area contributed by atoms with E-state index in [-0.39, 0.29) is 0 Å². The molecule has 0 unspecified atom stereocenters. The van der Waals surface area contributed by atoms with Gasteiger partial charge in [-0.05, 0) is 0 Å². The lowest BCUT2D eigenvalue weighted by atomic mass is 10.6. The molecule has 0 radical (unpaired) electrons. The quantitative estimate of drug-likeness (QED) is 0.516. The maximum atomic E-state index is 5.55. The number of hydrazine groups is 1. The fourth-order valence-electron chi connectivity index (χ4n) is 0.674. The molecule has 0 amide bonds. The van der Waals surface area contributed by atoms with Crippen molar-refractivity contribution in [1.29, 1.82) is 0 Å². The molecule has 68 valence electrons. The van der Waals surface area contributed by atoms with Crippen LogP contribution < -0.4 is 5.43 Å². The highest BCUT2D eigenvalue weighted by atomic mass is 35.5. The molecule has 0 bridgehead atoms. The van der Waals surface area contributed by atoms with Gasteiger partial charge in [-0.2, -0.15) is 0 Å². The number of nitrogens with zero attached hydrogens (tertiary/aromatic N) is 1. The molecule has 0 aliphatic rings. The van der Waals surface area contributed by atoms with Crippen molar-refractivity contribution in [2.24, 2.45) is 0 Å². The summed E-state index contributed by atoms with van der Waals surface area (Å²) in [5.74, 6) is 1.80. The maximum absolute atomic E-state index is 5.55. The van der Waals surface area contributed by atoms with Gasteiger partial charge in [0.05, 0.1) is 0 Å². The van der Waals surface area contributed by atoms with Crippen molar-refractivity contribution in [2.45, 2.75) is 0 Å². The van der Waals surface area contributed by atoms with E-state index < -0.39 is 0 Å². The molecular weight excluding hydrogens is 206 g/mol. The third-order valence-corrected chi connectivity index (χ3v) is 1.67. The van der Waals surface area contributed by atoms with Crippen LogP contribution in [-0.4, -0.2) is 42.3 Å². The summed E-state index contributed by atoms with van der Waals surface area (Å²) in [5, 5.41) is 1.97. The van der Waals surface area contributed by atoms with Crippen LogP contribution in [0, 0.1) is 0 Å². The smallest absolute Gasteiger partial charge is 0.0365 e. The molecule has 0 rings (SSSR count). The second kappa shape index (κ2) is 8.88. The Kier molecular flexibility index (Phi) is 9.52. The summed E-state index contributed by atoms with van der Waals surface area (Å²) in [4.78, 5) is 0. The van der Waals surface area contributed by atoms with Gasteiger partial charge >= 0.3 is 0 Å². The molecule has 0 aliphatic carbocycles. The highest BCUT2D eigenvalue weighted by Gasteiger charge is 2.00. The number of nitrogens with one attached hydrogen (secondary N) is 1. The molecular formula is C6H13Cl3N2. The van der Waals surface area contributed by atoms with Gasteiger partial charge in [-0.25, -0.2) is 5.01 Å². The third kappa shape index (κ3) is 7.16. The Labute approximate surface area is 82.8 Å². The van der Waals surface area contributed by atoms with Crippen molar-refractivity contribution in [3.05, 3.63) is 0 Å². The molecule has 0 saturated carbocycles. The molecule has 0 aromatic rings. The van der Waals surface area contributed by atoms with E-state index in [1.165, 1.54) is 0 Å². The van der Waals surface area contributed by atoms with E-state index in [4.69, 9.17) is 34.8 Å². The third-order valence-electron chi connectivity index (χ3n) is 1.14. The predicted molar refractivity (Wildman–Crippen MR) is 51.7 cm³/mol. The lowest BCUT2D eigenvalue weighted by molar-refractivity contribution is 0.218. The first-order valence-electron chi connectivity index (χ1n) is 3.51. The first-order valence-corrected chi connectivity index (χ1v) is 5.11. The van der Waals surface area contributed by atoms with Crippen LogP contribution in [0.3, 0.4) is 0 Å². The van der Waals surface area contributed by atoms with Gasteiger partial charge in [-0.1, -0.05) is 0 Å². The Morgan fingerprint density at radius 2 is 1.45 bits per heavy atom. The molecule has 0 aromatic carbocycles. The van der Waals surface area contributed by atoms with E-state index >= 15 is 0 Å². The van der Waals surface area contributed by atoms with Crippen molar-refractivity contribution >= 4 is 34.8 Å². The highest BCUT2D eigenvalue weighted by Crippen LogP contribution is 1.87. The zero-order chi connectivity index (χ0) is 8.53. The largest absolute Gasteiger partial charge is 0.254 e. The Hall–Kier alpha value is 0.790. The maximum Gasteiger partial charge on any atom is 0.0365 e. The van der Waals surface area contributed by atoms with Gasteiger partial charge < -0.3 is 0 Å². The van der Waals surface area contributed by atoms with E-state index in [9.17, 15) is 0 Å². The van der Waals surface area contributed by atoms with Crippen LogP contribution in [0.5, 0.6) is 0 Å². The molecule has 5 heteroatoms. The Balaban J connectivity index is 3.34. The molecule has 0 heterocycles. The topological polar surface area (TPSA) is 15.3 Å². The standard InChI is InChI=1S/C6H13Cl3N2/c7-1-4-10-11(5-2-8)6-3-9/h10H,1-6H2. The van der Waals surface area contributed by atoms with Gasteiger partial charge in [0.1, 0.15) is 0 Å². The van der Waals surface area contributed by atoms with Crippen molar-refractivity contribution in [1.82, 2.24) is 10.4 Å². The van der Waals surface area contributed by atoms with Crippen LogP contribution in [0.2, 0.25) is 0 Å². The monoisotopic (exact) mass is 218 g/mol. The van der Waals surface area contributed by atoms with E-state index in [0.29, 0.717) is 17.6 Å². The first-order chi connectivity index (χ1) is 5.35. The van der Waals surface area contributed by atoms with Gasteiger partial charge in [0.15, 0.2) is 0 Å². The number of hydrogen-bond donors (Lipinski definition) is 1. The number of hydrogen-bond acceptors (Lipinski definition) is 2. The minimum absolute atomic E-state index is 0.598. The van der Waals surface area contributed by atoms with Crippen LogP contribution in [0.25, 0.3) is 0 Å². The van der Waals surface area contributed by atoms with Crippen molar-refractivity contribution in [2.75, 3.05) is 37.3 Å². The van der Waals surface area contributed by atoms with Crippen LogP contribution in [-0.2, 0) is 0 Å². The summed E-state index contributed by atoms with van der Waals surface area (Å²) >= 11 is 16.6. The zero-order valence-electron chi connectivity index (χ0n) is 6.32. The zero-order valence-corrected chi connectivity index (χ0v) is 8.59. The van der Waals surface area contributed by atoms with Gasteiger partial charge in [0, 0.05) is 37.3 Å². The molecule has 0 aliphatic heterocycles. The van der Waals surface area contributed by atoms with Gasteiger partial charge in [0.2, 0.25) is 0 Å². The van der Waals surface area contributed by atoms with Crippen molar-refractivity contribution in [3.63, 3.8) is 0 Å². The first kappa shape index (κ1) is 11.8. The number of halogens is 3. The normalized spacial score (nSPS) is 10.9. The van der Waals surface area contributed by atoms with Crippen molar-refractivity contribution < 1.29 is 0 Å². The predicted octanol–water partition coefficient (Wildman–Crippen LogP) is 1.51. The summed E-state index contributed by atoms with van der Waals surface area (Å²) in [6.45, 7) is 2.35. The van der Waals surface area contributed by atoms with E-state index in [1.807, 2.05) is 5.01 Å². The molecule has 11 heavy (non-hydrogen) atoms. The van der Waals surface area contributed by atoms with Gasteiger partial charge in [-0.3, -0.25) is 5.43 Å². The van der Waals surface area contributed by atoms with Gasteiger partial charge in [-0.15, -0.1) is 34.8 Å². The number of rotatable bonds is 7. The van der Waals surface area contributed by atoms with E-state index in [1.54, 1.807) is 0 Å². The minimum Gasteiger partial charge on any atom is -0.254 e. The second-order valence-corrected chi connectivity index (χ2v) is 3.10. The second-order valence-electron chi connectivity index (χ2n) is 1.96. The fourth-order valence-corrected chi connectivity index (χ4v) is 1.17. The summed E-state index contributed by atoms with van der Waals surface area (Å²) in [6.07, 6.45) is 0. The summed E-state index contributed by atoms with van der Waals surface area (Å²) in [7, 11) is 0. The van der Waals surface area contributed by atoms with Crippen LogP contribution in [0.1, 0.15) is 0 Å². The molecule has 0 spiro atoms. The molecule has 1 N–H and O–H groups in total. The Morgan fingerprint density at radius 1 is 0.909 bits per heavy atom. The SMILES string of the molecule is ClCCNN(CCCl)CCCl. The lowest BCUT2D eigenvalue weighted by Gasteiger charge is -2.20. The Morgan fingerprint density at radius 3 is 1.82 bits per heavy atom. The summed E-state index contributed by atoms with van der Waals surface area (Å²) in [6, 6.07) is 0. The average Bonchev–Trinajstić information content (AvgIpc) is 2.01. The highest BCUT2D eigenvalue weighted by molar-refractivity contribution is 6.18. The van der Waals surface area contributed by atoms with Crippen molar-refractivity contribution in [3.8, 4) is 0 Å².